The van der Waals surface area contributed by atoms with Crippen molar-refractivity contribution in [2.24, 2.45) is 29.1 Å². The topological polar surface area (TPSA) is 72.9 Å². The normalized spacial score (nSPS) is 40.1. The summed E-state index contributed by atoms with van der Waals surface area (Å²) in [7, 11) is 0. The maximum atomic E-state index is 15.2. The summed E-state index contributed by atoms with van der Waals surface area (Å²) in [5, 5.41) is 13.5. The number of benzene rings is 1. The van der Waals surface area contributed by atoms with Gasteiger partial charge in [0.2, 0.25) is 11.8 Å². The molecule has 1 spiro atoms. The number of rotatable bonds is 4. The molecule has 2 saturated heterocycles. The van der Waals surface area contributed by atoms with Crippen molar-refractivity contribution in [2.75, 3.05) is 29.9 Å². The van der Waals surface area contributed by atoms with E-state index in [4.69, 9.17) is 0 Å². The van der Waals surface area contributed by atoms with E-state index >= 15 is 4.39 Å². The molecule has 7 aliphatic rings. The number of nitrogens with zero attached hydrogens (tertiary/aromatic N) is 2. The second-order valence-corrected chi connectivity index (χ2v) is 12.6. The minimum Gasteiger partial charge on any atom is -0.393 e. The van der Waals surface area contributed by atoms with Crippen LogP contribution in [0.5, 0.6) is 0 Å². The van der Waals surface area contributed by atoms with Gasteiger partial charge in [-0.2, -0.15) is 0 Å². The Morgan fingerprint density at radius 1 is 1.09 bits per heavy atom. The molecular weight excluding hydrogens is 445 g/mol. The first-order chi connectivity index (χ1) is 16.9. The molecule has 0 aromatic heterocycles. The predicted molar refractivity (Wildman–Crippen MR) is 130 cm³/mol. The van der Waals surface area contributed by atoms with E-state index in [0.29, 0.717) is 35.7 Å². The van der Waals surface area contributed by atoms with Crippen LogP contribution < -0.4 is 10.2 Å². The molecule has 8 rings (SSSR count). The van der Waals surface area contributed by atoms with Crippen LogP contribution in [0.1, 0.15) is 64.2 Å². The highest BCUT2D eigenvalue weighted by molar-refractivity contribution is 5.94. The zero-order chi connectivity index (χ0) is 23.9. The molecule has 3 atom stereocenters. The highest BCUT2D eigenvalue weighted by Gasteiger charge is 2.62. The molecule has 2 aliphatic heterocycles. The summed E-state index contributed by atoms with van der Waals surface area (Å²) >= 11 is 0. The summed E-state index contributed by atoms with van der Waals surface area (Å²) in [4.78, 5) is 30.4. The molecule has 4 bridgehead atoms. The smallest absolute Gasteiger partial charge is 0.231 e. The quantitative estimate of drug-likeness (QED) is 0.684. The van der Waals surface area contributed by atoms with Crippen molar-refractivity contribution in [3.05, 3.63) is 24.0 Å². The van der Waals surface area contributed by atoms with Crippen LogP contribution in [-0.2, 0) is 9.59 Å². The highest BCUT2D eigenvalue weighted by Crippen LogP contribution is 2.59. The number of aliphatic hydroxyl groups excluding tert-OH is 1. The Morgan fingerprint density at radius 3 is 2.57 bits per heavy atom. The number of anilines is 2. The summed E-state index contributed by atoms with van der Waals surface area (Å²) in [6, 6.07) is 4.96. The van der Waals surface area contributed by atoms with E-state index in [1.165, 1.54) is 6.07 Å². The van der Waals surface area contributed by atoms with Crippen molar-refractivity contribution in [1.82, 2.24) is 4.90 Å². The van der Waals surface area contributed by atoms with Gasteiger partial charge in [0.15, 0.2) is 0 Å². The van der Waals surface area contributed by atoms with Crippen LogP contribution in [0.4, 0.5) is 15.8 Å². The number of likely N-dealkylation sites (tertiary alicyclic amines) is 1. The number of nitrogens with one attached hydrogen (secondary N) is 1. The largest absolute Gasteiger partial charge is 0.393 e. The number of carbonyl (C=O) groups is 2. The molecule has 1 aromatic carbocycles. The molecule has 5 aliphatic carbocycles. The molecule has 188 valence electrons. The van der Waals surface area contributed by atoms with Gasteiger partial charge in [-0.3, -0.25) is 9.59 Å². The van der Waals surface area contributed by atoms with Gasteiger partial charge in [0.25, 0.3) is 0 Å². The van der Waals surface area contributed by atoms with Gasteiger partial charge < -0.3 is 20.2 Å². The number of piperidine rings is 1. The number of hydrogen-bond donors (Lipinski definition) is 2. The van der Waals surface area contributed by atoms with Gasteiger partial charge in [0, 0.05) is 36.8 Å². The van der Waals surface area contributed by atoms with E-state index in [0.717, 1.165) is 77.3 Å². The van der Waals surface area contributed by atoms with Crippen LogP contribution in [0.3, 0.4) is 0 Å². The van der Waals surface area contributed by atoms with Gasteiger partial charge in [0.05, 0.1) is 17.2 Å². The molecule has 6 nitrogen and oxygen atoms in total. The zero-order valence-corrected chi connectivity index (χ0v) is 20.3. The van der Waals surface area contributed by atoms with Crippen molar-refractivity contribution in [2.45, 2.75) is 75.9 Å². The molecule has 2 heterocycles. The van der Waals surface area contributed by atoms with Crippen LogP contribution in [0.15, 0.2) is 18.2 Å². The van der Waals surface area contributed by atoms with Gasteiger partial charge in [-0.15, -0.1) is 0 Å². The van der Waals surface area contributed by atoms with E-state index in [1.54, 1.807) is 12.1 Å². The second-order valence-electron chi connectivity index (χ2n) is 12.6. The third-order valence-electron chi connectivity index (χ3n) is 10.4. The van der Waals surface area contributed by atoms with Crippen molar-refractivity contribution >= 4 is 23.2 Å². The standard InChI is InChI=1S/C28H36FN3O3/c29-22-12-21(30-25(34)18-2-3-18)4-5-23(22)31-8-1-6-27(16-31)7-9-32(26(27)35)28-13-17-10-19(14-28)24(33)20(11-17)15-28/h4-5,12,17-20,24,33H,1-3,6-11,13-16H2,(H,30,34)/t17?,19?,20?,24?,27-,28?/m1/s1. The molecule has 0 radical (unpaired) electrons. The lowest BCUT2D eigenvalue weighted by Gasteiger charge is -2.61. The first kappa shape index (κ1) is 22.1. The number of halogens is 1. The van der Waals surface area contributed by atoms with Crippen molar-refractivity contribution in [3.8, 4) is 0 Å². The van der Waals surface area contributed by atoms with Crippen LogP contribution in [0.2, 0.25) is 0 Å². The molecular formula is C28H36FN3O3. The third kappa shape index (κ3) is 3.44. The van der Waals surface area contributed by atoms with Crippen LogP contribution >= 0.6 is 0 Å². The van der Waals surface area contributed by atoms with E-state index in [1.807, 2.05) is 0 Å². The van der Waals surface area contributed by atoms with E-state index in [-0.39, 0.29) is 35.2 Å². The lowest BCUT2D eigenvalue weighted by Crippen LogP contribution is -2.65. The average molecular weight is 482 g/mol. The van der Waals surface area contributed by atoms with Gasteiger partial charge >= 0.3 is 0 Å². The van der Waals surface area contributed by atoms with Crippen LogP contribution in [0.25, 0.3) is 0 Å². The summed E-state index contributed by atoms with van der Waals surface area (Å²) in [5.41, 5.74) is 0.524. The fourth-order valence-electron chi connectivity index (χ4n) is 8.71. The Balaban J connectivity index is 1.09. The maximum absolute atomic E-state index is 15.2. The summed E-state index contributed by atoms with van der Waals surface area (Å²) in [6.45, 7) is 2.09. The zero-order valence-electron chi connectivity index (χ0n) is 20.3. The maximum Gasteiger partial charge on any atom is 0.231 e. The fraction of sp³-hybridized carbons (Fsp3) is 0.714. The molecule has 2 unspecified atom stereocenters. The number of aliphatic hydroxyl groups is 1. The summed E-state index contributed by atoms with van der Waals surface area (Å²) in [6.07, 6.45) is 9.47. The molecule has 5 saturated carbocycles. The first-order valence-electron chi connectivity index (χ1n) is 13.7. The summed E-state index contributed by atoms with van der Waals surface area (Å²) in [5.74, 6) is 1.33. The minimum absolute atomic E-state index is 0.0251. The molecule has 7 fully saturated rings. The molecule has 1 aromatic rings. The minimum atomic E-state index is -0.439. The second kappa shape index (κ2) is 7.67. The average Bonchev–Trinajstić information content (AvgIpc) is 3.63. The lowest BCUT2D eigenvalue weighted by molar-refractivity contribution is -0.167. The third-order valence-corrected chi connectivity index (χ3v) is 10.4. The van der Waals surface area contributed by atoms with Gasteiger partial charge in [0.1, 0.15) is 5.82 Å². The fourth-order valence-corrected chi connectivity index (χ4v) is 8.71. The van der Waals surface area contributed by atoms with Gasteiger partial charge in [-0.25, -0.2) is 4.39 Å². The van der Waals surface area contributed by atoms with E-state index < -0.39 is 5.41 Å². The van der Waals surface area contributed by atoms with E-state index in [2.05, 4.69) is 15.1 Å². The Labute approximate surface area is 206 Å². The Kier molecular flexibility index (Phi) is 4.84. The Hall–Kier alpha value is -2.15. The Bertz CT molecular complexity index is 1060. The molecule has 7 heteroatoms. The van der Waals surface area contributed by atoms with Gasteiger partial charge in [-0.1, -0.05) is 0 Å². The lowest BCUT2D eigenvalue weighted by atomic mass is 9.51. The van der Waals surface area contributed by atoms with E-state index in [9.17, 15) is 14.7 Å². The Morgan fingerprint density at radius 2 is 1.86 bits per heavy atom. The summed E-state index contributed by atoms with van der Waals surface area (Å²) < 4.78 is 15.2. The monoisotopic (exact) mass is 481 g/mol. The number of amides is 2. The van der Waals surface area contributed by atoms with Crippen molar-refractivity contribution in [3.63, 3.8) is 0 Å². The SMILES string of the molecule is O=C(Nc1ccc(N2CCC[C@@]3(CCN(C45CC6CC(C4)C(O)C(C6)C5)C3=O)C2)c(F)c1)C1CC1. The predicted octanol–water partition coefficient (Wildman–Crippen LogP) is 3.93. The van der Waals surface area contributed by atoms with Crippen molar-refractivity contribution in [1.29, 1.82) is 0 Å². The number of hydrogen-bond acceptors (Lipinski definition) is 4. The number of carbonyl (C=O) groups excluding carboxylic acids is 2. The molecule has 2 amide bonds. The van der Waals surface area contributed by atoms with Crippen LogP contribution in [0, 0.1) is 34.9 Å². The van der Waals surface area contributed by atoms with Crippen molar-refractivity contribution < 1.29 is 19.1 Å². The highest BCUT2D eigenvalue weighted by atomic mass is 19.1. The molecule has 2 N–H and O–H groups in total. The van der Waals surface area contributed by atoms with Crippen LogP contribution in [-0.4, -0.2) is 53.1 Å². The molecule has 35 heavy (non-hydrogen) atoms. The first-order valence-corrected chi connectivity index (χ1v) is 13.7. The van der Waals surface area contributed by atoms with Gasteiger partial charge in [-0.05, 0) is 100 Å².